The molecule has 166 valence electrons. The van der Waals surface area contributed by atoms with Gasteiger partial charge in [0.15, 0.2) is 0 Å². The summed E-state index contributed by atoms with van der Waals surface area (Å²) in [4.78, 5) is 23.7. The smallest absolute Gasteiger partial charge is 0.327 e. The monoisotopic (exact) mass is 447 g/mol. The Hall–Kier alpha value is -3.11. The van der Waals surface area contributed by atoms with Crippen molar-refractivity contribution in [3.05, 3.63) is 36.4 Å². The SMILES string of the molecule is CC(C)NC(=O)Nc1ccc2c(c1)oc1ccc(N(C(C(=O)O)C(C)C)S(=O)O)cc12. The van der Waals surface area contributed by atoms with Crippen LogP contribution in [0.4, 0.5) is 16.2 Å². The molecular weight excluding hydrogens is 422 g/mol. The Bertz CT molecular complexity index is 1160. The lowest BCUT2D eigenvalue weighted by Crippen LogP contribution is -2.45. The van der Waals surface area contributed by atoms with Gasteiger partial charge in [-0.2, -0.15) is 0 Å². The molecule has 1 heterocycles. The molecule has 2 unspecified atom stereocenters. The van der Waals surface area contributed by atoms with Crippen molar-refractivity contribution < 1.29 is 27.9 Å². The van der Waals surface area contributed by atoms with E-state index in [1.54, 1.807) is 50.2 Å². The van der Waals surface area contributed by atoms with E-state index in [0.717, 1.165) is 9.69 Å². The fourth-order valence-corrected chi connectivity index (χ4v) is 4.24. The standard InChI is InChI=1S/C21H25N3O6S/c1-11(2)19(20(25)26)24(31(28)29)14-6-8-17-16(10-14)15-7-5-13(9-18(15)30-17)23-21(27)22-12(3)4/h5-12,19H,1-4H3,(H,25,26)(H,28,29)(H2,22,23,27). The molecule has 0 bridgehead atoms. The van der Waals surface area contributed by atoms with Gasteiger partial charge in [0, 0.05) is 28.6 Å². The van der Waals surface area contributed by atoms with E-state index in [0.29, 0.717) is 22.2 Å². The predicted octanol–water partition coefficient (Wildman–Crippen LogP) is 4.17. The largest absolute Gasteiger partial charge is 0.480 e. The fraction of sp³-hybridized carbons (Fsp3) is 0.333. The molecule has 0 aliphatic heterocycles. The highest BCUT2D eigenvalue weighted by molar-refractivity contribution is 7.80. The summed E-state index contributed by atoms with van der Waals surface area (Å²) in [5.74, 6) is -1.60. The molecule has 2 atom stereocenters. The number of carboxylic acids is 1. The minimum Gasteiger partial charge on any atom is -0.480 e. The van der Waals surface area contributed by atoms with Crippen LogP contribution >= 0.6 is 0 Å². The number of furan rings is 1. The summed E-state index contributed by atoms with van der Waals surface area (Å²) in [7, 11) is 0. The maximum Gasteiger partial charge on any atom is 0.327 e. The Labute approximate surface area is 181 Å². The quantitative estimate of drug-likeness (QED) is 0.402. The number of nitrogens with zero attached hydrogens (tertiary/aromatic N) is 1. The molecule has 0 saturated heterocycles. The van der Waals surface area contributed by atoms with Gasteiger partial charge in [-0.05, 0) is 50.1 Å². The number of hydrogen-bond donors (Lipinski definition) is 4. The number of carbonyl (C=O) groups is 2. The van der Waals surface area contributed by atoms with Gasteiger partial charge in [-0.3, -0.25) is 8.86 Å². The van der Waals surface area contributed by atoms with E-state index in [4.69, 9.17) is 4.42 Å². The van der Waals surface area contributed by atoms with Crippen molar-refractivity contribution >= 4 is 56.6 Å². The topological polar surface area (TPSA) is 132 Å². The van der Waals surface area contributed by atoms with E-state index in [2.05, 4.69) is 10.6 Å². The minimum absolute atomic E-state index is 0.00570. The molecule has 0 fully saturated rings. The van der Waals surface area contributed by atoms with E-state index in [9.17, 15) is 23.5 Å². The molecule has 3 rings (SSSR count). The molecular formula is C21H25N3O6S. The summed E-state index contributed by atoms with van der Waals surface area (Å²) in [5, 5.41) is 16.4. The maximum absolute atomic E-state index is 12.0. The molecule has 9 nitrogen and oxygen atoms in total. The van der Waals surface area contributed by atoms with Crippen LogP contribution in [0.25, 0.3) is 21.9 Å². The zero-order valence-corrected chi connectivity index (χ0v) is 18.4. The number of anilines is 2. The highest BCUT2D eigenvalue weighted by atomic mass is 32.2. The van der Waals surface area contributed by atoms with E-state index in [1.807, 2.05) is 13.8 Å². The van der Waals surface area contributed by atoms with Gasteiger partial charge in [-0.1, -0.05) is 13.8 Å². The van der Waals surface area contributed by atoms with E-state index in [1.165, 1.54) is 0 Å². The number of rotatable bonds is 7. The third-order valence-electron chi connectivity index (χ3n) is 4.69. The maximum atomic E-state index is 12.0. The van der Waals surface area contributed by atoms with Crippen LogP contribution in [0.3, 0.4) is 0 Å². The second-order valence-corrected chi connectivity index (χ2v) is 8.69. The van der Waals surface area contributed by atoms with Crippen LogP contribution in [0.15, 0.2) is 40.8 Å². The van der Waals surface area contributed by atoms with Crippen LogP contribution < -0.4 is 14.9 Å². The van der Waals surface area contributed by atoms with E-state index < -0.39 is 29.2 Å². The highest BCUT2D eigenvalue weighted by Crippen LogP contribution is 2.34. The first-order valence-corrected chi connectivity index (χ1v) is 10.8. The van der Waals surface area contributed by atoms with Crippen LogP contribution in [0, 0.1) is 5.92 Å². The number of amides is 2. The highest BCUT2D eigenvalue weighted by Gasteiger charge is 2.33. The molecule has 0 radical (unpaired) electrons. The van der Waals surface area contributed by atoms with Crippen LogP contribution in [0.5, 0.6) is 0 Å². The first-order valence-electron chi connectivity index (χ1n) is 9.75. The van der Waals surface area contributed by atoms with Crippen molar-refractivity contribution in [1.82, 2.24) is 5.32 Å². The van der Waals surface area contributed by atoms with Crippen molar-refractivity contribution in [2.45, 2.75) is 39.8 Å². The zero-order valence-electron chi connectivity index (χ0n) is 17.6. The molecule has 4 N–H and O–H groups in total. The minimum atomic E-state index is -2.54. The number of hydrogen-bond acceptors (Lipinski definition) is 4. The number of carboxylic acid groups (broad SMARTS) is 1. The number of benzene rings is 2. The first kappa shape index (κ1) is 22.6. The lowest BCUT2D eigenvalue weighted by atomic mass is 10.0. The molecule has 0 aliphatic rings. The number of urea groups is 1. The molecule has 0 saturated carbocycles. The summed E-state index contributed by atoms with van der Waals surface area (Å²) in [6.07, 6.45) is 0. The molecule has 0 spiro atoms. The Morgan fingerprint density at radius 1 is 1.03 bits per heavy atom. The fourth-order valence-electron chi connectivity index (χ4n) is 3.41. The van der Waals surface area contributed by atoms with Gasteiger partial charge in [0.1, 0.15) is 17.2 Å². The van der Waals surface area contributed by atoms with E-state index >= 15 is 0 Å². The van der Waals surface area contributed by atoms with Gasteiger partial charge in [0.25, 0.3) is 11.3 Å². The normalized spacial score (nSPS) is 13.5. The van der Waals surface area contributed by atoms with Crippen molar-refractivity contribution in [3.63, 3.8) is 0 Å². The van der Waals surface area contributed by atoms with Gasteiger partial charge in [-0.15, -0.1) is 0 Å². The van der Waals surface area contributed by atoms with Gasteiger partial charge in [-0.25, -0.2) is 13.8 Å². The number of nitrogens with one attached hydrogen (secondary N) is 2. The molecule has 1 aromatic heterocycles. The zero-order chi connectivity index (χ0) is 22.9. The summed E-state index contributed by atoms with van der Waals surface area (Å²) in [6, 6.07) is 8.46. The molecule has 2 aromatic carbocycles. The van der Waals surface area contributed by atoms with Crippen molar-refractivity contribution in [2.75, 3.05) is 9.62 Å². The lowest BCUT2D eigenvalue weighted by Gasteiger charge is -2.29. The second-order valence-electron chi connectivity index (χ2n) is 7.83. The summed E-state index contributed by atoms with van der Waals surface area (Å²) in [6.45, 7) is 7.07. The van der Waals surface area contributed by atoms with Gasteiger partial charge < -0.3 is 20.2 Å². The van der Waals surface area contributed by atoms with Gasteiger partial charge in [0.05, 0.1) is 5.69 Å². The third kappa shape index (κ3) is 4.80. The molecule has 10 heteroatoms. The van der Waals surface area contributed by atoms with Crippen LogP contribution in [0.2, 0.25) is 0 Å². The number of carbonyl (C=O) groups excluding carboxylic acids is 1. The van der Waals surface area contributed by atoms with Crippen molar-refractivity contribution in [3.8, 4) is 0 Å². The van der Waals surface area contributed by atoms with Crippen molar-refractivity contribution in [2.24, 2.45) is 5.92 Å². The Kier molecular flexibility index (Phi) is 6.51. The van der Waals surface area contributed by atoms with Gasteiger partial charge in [0.2, 0.25) is 0 Å². The molecule has 3 aromatic rings. The third-order valence-corrected chi connectivity index (χ3v) is 5.47. The molecule has 0 aliphatic carbocycles. The molecule has 2 amide bonds. The molecule has 31 heavy (non-hydrogen) atoms. The van der Waals surface area contributed by atoms with Crippen molar-refractivity contribution in [1.29, 1.82) is 0 Å². The average Bonchev–Trinajstić information content (AvgIpc) is 3.01. The predicted molar refractivity (Wildman–Crippen MR) is 121 cm³/mol. The Balaban J connectivity index is 2.03. The Morgan fingerprint density at radius 2 is 1.74 bits per heavy atom. The van der Waals surface area contributed by atoms with Crippen LogP contribution in [-0.2, 0) is 16.1 Å². The Morgan fingerprint density at radius 3 is 2.32 bits per heavy atom. The lowest BCUT2D eigenvalue weighted by molar-refractivity contribution is -0.139. The summed E-state index contributed by atoms with van der Waals surface area (Å²) >= 11 is -2.54. The first-order chi connectivity index (χ1) is 14.6. The van der Waals surface area contributed by atoms with Crippen LogP contribution in [-0.4, -0.2) is 38.0 Å². The van der Waals surface area contributed by atoms with E-state index in [-0.39, 0.29) is 17.8 Å². The number of fused-ring (bicyclic) bond motifs is 3. The summed E-state index contributed by atoms with van der Waals surface area (Å²) < 4.78 is 28.7. The van der Waals surface area contributed by atoms with Gasteiger partial charge >= 0.3 is 12.0 Å². The van der Waals surface area contributed by atoms with Crippen LogP contribution in [0.1, 0.15) is 27.7 Å². The number of aliphatic carboxylic acids is 1. The average molecular weight is 448 g/mol. The summed E-state index contributed by atoms with van der Waals surface area (Å²) in [5.41, 5.74) is 1.89. The second kappa shape index (κ2) is 8.94.